The van der Waals surface area contributed by atoms with E-state index in [0.717, 1.165) is 32.3 Å². The van der Waals surface area contributed by atoms with E-state index in [1.165, 1.54) is 4.90 Å². The Kier molecular flexibility index (Phi) is 5.08. The van der Waals surface area contributed by atoms with Crippen molar-refractivity contribution >= 4 is 12.0 Å². The fourth-order valence-corrected chi connectivity index (χ4v) is 3.25. The van der Waals surface area contributed by atoms with Crippen molar-refractivity contribution in [2.24, 2.45) is 5.92 Å². The first-order chi connectivity index (χ1) is 9.95. The maximum Gasteiger partial charge on any atom is 0.326 e. The van der Waals surface area contributed by atoms with Gasteiger partial charge in [0.25, 0.3) is 0 Å². The van der Waals surface area contributed by atoms with Crippen LogP contribution in [-0.2, 0) is 9.53 Å². The van der Waals surface area contributed by atoms with Gasteiger partial charge < -0.3 is 20.1 Å². The highest BCUT2D eigenvalue weighted by molar-refractivity contribution is 5.83. The summed E-state index contributed by atoms with van der Waals surface area (Å²) in [7, 11) is 0. The van der Waals surface area contributed by atoms with Crippen LogP contribution in [0.25, 0.3) is 0 Å². The van der Waals surface area contributed by atoms with Crippen LogP contribution in [0.15, 0.2) is 0 Å². The number of amides is 2. The van der Waals surface area contributed by atoms with Gasteiger partial charge in [-0.3, -0.25) is 0 Å². The van der Waals surface area contributed by atoms with E-state index < -0.39 is 12.0 Å². The quantitative estimate of drug-likeness (QED) is 0.833. The van der Waals surface area contributed by atoms with Gasteiger partial charge in [0.2, 0.25) is 0 Å². The van der Waals surface area contributed by atoms with Gasteiger partial charge in [-0.25, -0.2) is 9.59 Å². The lowest BCUT2D eigenvalue weighted by Crippen LogP contribution is -2.60. The molecule has 0 aromatic rings. The van der Waals surface area contributed by atoms with Gasteiger partial charge in [-0.15, -0.1) is 0 Å². The Morgan fingerprint density at radius 3 is 2.81 bits per heavy atom. The van der Waals surface area contributed by atoms with E-state index >= 15 is 0 Å². The number of hydrogen-bond donors (Lipinski definition) is 2. The summed E-state index contributed by atoms with van der Waals surface area (Å²) in [5.74, 6) is -0.517. The number of aliphatic carboxylic acids is 1. The molecule has 2 fully saturated rings. The summed E-state index contributed by atoms with van der Waals surface area (Å²) in [4.78, 5) is 25.4. The summed E-state index contributed by atoms with van der Waals surface area (Å²) in [6.07, 6.45) is 4.16. The second kappa shape index (κ2) is 6.64. The first-order valence-corrected chi connectivity index (χ1v) is 7.84. The number of nitrogens with one attached hydrogen (secondary N) is 1. The Bertz CT molecular complexity index is 393. The summed E-state index contributed by atoms with van der Waals surface area (Å²) in [5, 5.41) is 12.4. The average Bonchev–Trinajstić information content (AvgIpc) is 2.46. The van der Waals surface area contributed by atoms with E-state index in [1.54, 1.807) is 0 Å². The van der Waals surface area contributed by atoms with Crippen LogP contribution in [0.2, 0.25) is 0 Å². The van der Waals surface area contributed by atoms with Crippen LogP contribution >= 0.6 is 0 Å². The molecule has 0 aromatic heterocycles. The van der Waals surface area contributed by atoms with Crippen molar-refractivity contribution in [2.75, 3.05) is 19.8 Å². The van der Waals surface area contributed by atoms with Crippen molar-refractivity contribution < 1.29 is 19.4 Å². The van der Waals surface area contributed by atoms with E-state index in [9.17, 15) is 14.7 Å². The molecule has 0 spiro atoms. The number of carboxylic acid groups (broad SMARTS) is 1. The van der Waals surface area contributed by atoms with Crippen molar-refractivity contribution in [1.29, 1.82) is 0 Å². The minimum atomic E-state index is -0.909. The van der Waals surface area contributed by atoms with Crippen molar-refractivity contribution in [3.63, 3.8) is 0 Å². The number of carbonyl (C=O) groups is 2. The molecule has 3 unspecified atom stereocenters. The lowest BCUT2D eigenvalue weighted by atomic mass is 9.89. The molecule has 2 heterocycles. The zero-order valence-corrected chi connectivity index (χ0v) is 12.9. The number of carboxylic acids is 1. The molecule has 21 heavy (non-hydrogen) atoms. The van der Waals surface area contributed by atoms with Crippen molar-refractivity contribution in [2.45, 2.75) is 57.5 Å². The van der Waals surface area contributed by atoms with E-state index in [4.69, 9.17) is 4.74 Å². The zero-order valence-electron chi connectivity index (χ0n) is 12.9. The third-order valence-electron chi connectivity index (χ3n) is 4.68. The second-order valence-electron chi connectivity index (χ2n) is 6.49. The number of ether oxygens (including phenoxy) is 1. The molecule has 2 amide bonds. The summed E-state index contributed by atoms with van der Waals surface area (Å²) in [5.41, 5.74) is -0.389. The molecule has 6 heteroatoms. The highest BCUT2D eigenvalue weighted by Crippen LogP contribution is 2.26. The van der Waals surface area contributed by atoms with Crippen molar-refractivity contribution in [3.8, 4) is 0 Å². The Labute approximate surface area is 125 Å². The number of likely N-dealkylation sites (tertiary alicyclic amines) is 1. The first-order valence-electron chi connectivity index (χ1n) is 7.84. The number of urea groups is 1. The van der Waals surface area contributed by atoms with Crippen LogP contribution in [0.5, 0.6) is 0 Å². The van der Waals surface area contributed by atoms with Crippen LogP contribution in [0.4, 0.5) is 4.79 Å². The SMILES string of the molecule is CCC1CCN(C(=O)NC2(C)CCCOC2)C(C(=O)O)C1. The molecule has 0 aromatic carbocycles. The maximum absolute atomic E-state index is 12.5. The second-order valence-corrected chi connectivity index (χ2v) is 6.49. The third kappa shape index (κ3) is 3.87. The Balaban J connectivity index is 2.01. The number of piperidine rings is 1. The Morgan fingerprint density at radius 1 is 1.48 bits per heavy atom. The molecule has 0 aliphatic carbocycles. The number of nitrogens with zero attached hydrogens (tertiary/aromatic N) is 1. The normalized spacial score (nSPS) is 33.5. The van der Waals surface area contributed by atoms with E-state index in [2.05, 4.69) is 12.2 Å². The molecule has 2 rings (SSSR count). The molecule has 0 bridgehead atoms. The van der Waals surface area contributed by atoms with Crippen LogP contribution in [0.1, 0.15) is 46.0 Å². The largest absolute Gasteiger partial charge is 0.480 e. The predicted octanol–water partition coefficient (Wildman–Crippen LogP) is 1.84. The van der Waals surface area contributed by atoms with Crippen LogP contribution in [-0.4, -0.2) is 53.3 Å². The summed E-state index contributed by atoms with van der Waals surface area (Å²) in [6.45, 7) is 5.75. The molecule has 120 valence electrons. The molecule has 6 nitrogen and oxygen atoms in total. The maximum atomic E-state index is 12.5. The van der Waals surface area contributed by atoms with Crippen LogP contribution in [0.3, 0.4) is 0 Å². The smallest absolute Gasteiger partial charge is 0.326 e. The fourth-order valence-electron chi connectivity index (χ4n) is 3.25. The van der Waals surface area contributed by atoms with Crippen LogP contribution < -0.4 is 5.32 Å². The molecular weight excluding hydrogens is 272 g/mol. The fraction of sp³-hybridized carbons (Fsp3) is 0.867. The lowest BCUT2D eigenvalue weighted by molar-refractivity contribution is -0.144. The Hall–Kier alpha value is -1.30. The molecule has 2 aliphatic heterocycles. The number of rotatable bonds is 3. The standard InChI is InChI=1S/C15H26N2O4/c1-3-11-5-7-17(12(9-11)13(18)19)14(20)16-15(2)6-4-8-21-10-15/h11-12H,3-10H2,1-2H3,(H,16,20)(H,18,19). The number of carbonyl (C=O) groups excluding carboxylic acids is 1. The van der Waals surface area contributed by atoms with Gasteiger partial charge in [-0.05, 0) is 38.5 Å². The molecule has 2 N–H and O–H groups in total. The highest BCUT2D eigenvalue weighted by Gasteiger charge is 2.38. The van der Waals surface area contributed by atoms with Gasteiger partial charge >= 0.3 is 12.0 Å². The molecule has 2 aliphatic rings. The molecule has 0 saturated carbocycles. The molecular formula is C15H26N2O4. The molecule has 3 atom stereocenters. The third-order valence-corrected chi connectivity index (χ3v) is 4.68. The monoisotopic (exact) mass is 298 g/mol. The Morgan fingerprint density at radius 2 is 2.24 bits per heavy atom. The molecule has 2 saturated heterocycles. The number of hydrogen-bond acceptors (Lipinski definition) is 3. The average molecular weight is 298 g/mol. The summed E-state index contributed by atoms with van der Waals surface area (Å²) < 4.78 is 5.43. The van der Waals surface area contributed by atoms with E-state index in [0.29, 0.717) is 25.5 Å². The summed E-state index contributed by atoms with van der Waals surface area (Å²) in [6, 6.07) is -0.984. The van der Waals surface area contributed by atoms with Crippen molar-refractivity contribution in [3.05, 3.63) is 0 Å². The zero-order chi connectivity index (χ0) is 15.5. The van der Waals surface area contributed by atoms with Gasteiger partial charge in [0.1, 0.15) is 6.04 Å². The van der Waals surface area contributed by atoms with Gasteiger partial charge in [0, 0.05) is 13.2 Å². The van der Waals surface area contributed by atoms with Gasteiger partial charge in [-0.1, -0.05) is 13.3 Å². The lowest BCUT2D eigenvalue weighted by Gasteiger charge is -2.40. The van der Waals surface area contributed by atoms with Gasteiger partial charge in [0.15, 0.2) is 0 Å². The highest BCUT2D eigenvalue weighted by atomic mass is 16.5. The van der Waals surface area contributed by atoms with Gasteiger partial charge in [0.05, 0.1) is 12.1 Å². The first kappa shape index (κ1) is 16.1. The molecule has 0 radical (unpaired) electrons. The topological polar surface area (TPSA) is 78.9 Å². The minimum Gasteiger partial charge on any atom is -0.480 e. The van der Waals surface area contributed by atoms with Gasteiger partial charge in [-0.2, -0.15) is 0 Å². The van der Waals surface area contributed by atoms with E-state index in [-0.39, 0.29) is 11.6 Å². The van der Waals surface area contributed by atoms with Crippen LogP contribution in [0, 0.1) is 5.92 Å². The minimum absolute atomic E-state index is 0.273. The van der Waals surface area contributed by atoms with E-state index in [1.807, 2.05) is 6.92 Å². The predicted molar refractivity (Wildman–Crippen MR) is 78.1 cm³/mol. The summed E-state index contributed by atoms with van der Waals surface area (Å²) >= 11 is 0. The van der Waals surface area contributed by atoms with Crippen molar-refractivity contribution in [1.82, 2.24) is 10.2 Å².